The van der Waals surface area contributed by atoms with Gasteiger partial charge in [-0.2, -0.15) is 0 Å². The number of rotatable bonds is 2. The smallest absolute Gasteiger partial charge is 0.151 e. The van der Waals surface area contributed by atoms with Gasteiger partial charge in [-0.1, -0.05) is 18.2 Å². The van der Waals surface area contributed by atoms with Crippen LogP contribution in [0.2, 0.25) is 0 Å². The largest absolute Gasteiger partial charge is 0.270 e. The van der Waals surface area contributed by atoms with E-state index in [2.05, 4.69) is 55.9 Å². The van der Waals surface area contributed by atoms with Crippen LogP contribution in [0.15, 0.2) is 59.8 Å². The Balaban J connectivity index is 2.07. The van der Waals surface area contributed by atoms with Gasteiger partial charge in [0.05, 0.1) is 0 Å². The number of halogens is 1. The highest BCUT2D eigenvalue weighted by Gasteiger charge is 2.07. The van der Waals surface area contributed by atoms with Crippen molar-refractivity contribution in [2.45, 2.75) is 4.90 Å². The number of hydrogen-bond donors (Lipinski definition) is 0. The normalized spacial score (nSPS) is 10.9. The fraction of sp³-hybridized carbons (Fsp3) is 0. The Morgan fingerprint density at radius 3 is 2.71 bits per heavy atom. The van der Waals surface area contributed by atoms with Gasteiger partial charge in [0.15, 0.2) is 5.65 Å². The van der Waals surface area contributed by atoms with Crippen LogP contribution in [0.5, 0.6) is 0 Å². The molecule has 17 heavy (non-hydrogen) atoms. The maximum atomic E-state index is 4.44. The summed E-state index contributed by atoms with van der Waals surface area (Å²) in [7, 11) is 0. The first-order valence-electron chi connectivity index (χ1n) is 5.19. The van der Waals surface area contributed by atoms with Crippen LogP contribution in [0, 0.1) is 3.57 Å². The molecule has 0 N–H and O–H groups in total. The maximum absolute atomic E-state index is 4.44. The van der Waals surface area contributed by atoms with Crippen LogP contribution in [0.3, 0.4) is 0 Å². The Bertz CT molecular complexity index is 649. The van der Waals surface area contributed by atoms with Crippen molar-refractivity contribution in [1.29, 1.82) is 0 Å². The topological polar surface area (TPSA) is 17.8 Å². The second-order valence-electron chi connectivity index (χ2n) is 3.58. The average Bonchev–Trinajstić information content (AvgIpc) is 2.69. The predicted octanol–water partition coefficient (Wildman–Crippen LogP) is 4.20. The highest BCUT2D eigenvalue weighted by Crippen LogP contribution is 2.28. The molecule has 4 heteroatoms. The summed E-state index contributed by atoms with van der Waals surface area (Å²) in [5.41, 5.74) is 1.02. The van der Waals surface area contributed by atoms with E-state index in [1.807, 2.05) is 30.5 Å². The molecule has 2 nitrogen and oxygen atoms in total. The van der Waals surface area contributed by atoms with E-state index in [0.29, 0.717) is 0 Å². The molecule has 0 saturated carbocycles. The molecule has 0 aliphatic rings. The molecule has 0 unspecified atom stereocenters. The summed E-state index contributed by atoms with van der Waals surface area (Å²) in [5, 5.41) is 1.21. The van der Waals surface area contributed by atoms with Gasteiger partial charge in [-0.05, 0) is 58.8 Å². The lowest BCUT2D eigenvalue weighted by Gasteiger charge is -2.02. The number of benzene rings is 1. The first kappa shape index (κ1) is 11.1. The average molecular weight is 352 g/mol. The van der Waals surface area contributed by atoms with Crippen LogP contribution in [-0.4, -0.2) is 8.96 Å². The minimum atomic E-state index is 1.02. The van der Waals surface area contributed by atoms with E-state index >= 15 is 0 Å². The number of fused-ring (bicyclic) bond motifs is 1. The highest BCUT2D eigenvalue weighted by atomic mass is 127. The molecule has 0 aliphatic carbocycles. The van der Waals surface area contributed by atoms with Crippen molar-refractivity contribution >= 4 is 45.6 Å². The number of nitrogens with zero attached hydrogens (tertiary/aromatic N) is 2. The second-order valence-corrected chi connectivity index (χ2v) is 5.79. The molecule has 1 aromatic carbocycles. The minimum absolute atomic E-state index is 1.02. The molecule has 2 heterocycles. The van der Waals surface area contributed by atoms with Gasteiger partial charge in [0, 0.05) is 26.2 Å². The van der Waals surface area contributed by atoms with E-state index in [0.717, 1.165) is 5.65 Å². The fourth-order valence-corrected chi connectivity index (χ4v) is 3.44. The monoisotopic (exact) mass is 352 g/mol. The van der Waals surface area contributed by atoms with Crippen LogP contribution in [-0.2, 0) is 0 Å². The molecular formula is C13H9IN2S. The third kappa shape index (κ3) is 2.19. The fourth-order valence-electron chi connectivity index (χ4n) is 1.66. The van der Waals surface area contributed by atoms with Gasteiger partial charge in [-0.15, -0.1) is 0 Å². The van der Waals surface area contributed by atoms with Crippen LogP contribution < -0.4 is 0 Å². The minimum Gasteiger partial charge on any atom is -0.270 e. The molecule has 0 saturated heterocycles. The molecule has 0 radical (unpaired) electrons. The second kappa shape index (κ2) is 4.70. The van der Waals surface area contributed by atoms with Crippen molar-refractivity contribution in [2.75, 3.05) is 0 Å². The first-order valence-corrected chi connectivity index (χ1v) is 7.05. The Morgan fingerprint density at radius 1 is 1.06 bits per heavy atom. The van der Waals surface area contributed by atoms with Crippen LogP contribution in [0.1, 0.15) is 0 Å². The van der Waals surface area contributed by atoms with E-state index in [9.17, 15) is 0 Å². The van der Waals surface area contributed by atoms with Gasteiger partial charge >= 0.3 is 0 Å². The van der Waals surface area contributed by atoms with E-state index in [-0.39, 0.29) is 0 Å². The lowest BCUT2D eigenvalue weighted by Crippen LogP contribution is -1.86. The highest BCUT2D eigenvalue weighted by molar-refractivity contribution is 14.1. The van der Waals surface area contributed by atoms with Crippen molar-refractivity contribution in [3.8, 4) is 0 Å². The number of aromatic nitrogens is 2. The van der Waals surface area contributed by atoms with Crippen LogP contribution >= 0.6 is 34.5 Å². The van der Waals surface area contributed by atoms with Gasteiger partial charge in [-0.25, -0.2) is 4.98 Å². The zero-order valence-electron chi connectivity index (χ0n) is 8.88. The molecule has 3 aromatic rings. The molecule has 0 bridgehead atoms. The molecule has 0 fully saturated rings. The summed E-state index contributed by atoms with van der Waals surface area (Å²) in [6, 6.07) is 14.4. The molecule has 0 atom stereocenters. The summed E-state index contributed by atoms with van der Waals surface area (Å²) in [4.78, 5) is 5.65. The van der Waals surface area contributed by atoms with E-state index in [4.69, 9.17) is 0 Å². The molecule has 84 valence electrons. The Hall–Kier alpha value is -1.01. The molecule has 0 spiro atoms. The quantitative estimate of drug-likeness (QED) is 0.644. The number of hydrogen-bond acceptors (Lipinski definition) is 2. The standard InChI is InChI=1S/C13H9IN2S/c14-12-9-16(13-11(12)7-4-8-15-13)17-10-5-2-1-3-6-10/h1-9H. The van der Waals surface area contributed by atoms with Crippen LogP contribution in [0.4, 0.5) is 0 Å². The Morgan fingerprint density at radius 2 is 1.88 bits per heavy atom. The summed E-state index contributed by atoms with van der Waals surface area (Å²) >= 11 is 4.03. The van der Waals surface area contributed by atoms with Gasteiger partial charge in [0.2, 0.25) is 0 Å². The molecule has 2 aromatic heterocycles. The predicted molar refractivity (Wildman–Crippen MR) is 80.1 cm³/mol. The molecule has 0 aliphatic heterocycles. The lowest BCUT2D eigenvalue weighted by atomic mass is 10.3. The van der Waals surface area contributed by atoms with Gasteiger partial charge in [-0.3, -0.25) is 3.97 Å². The van der Waals surface area contributed by atoms with Crippen molar-refractivity contribution in [2.24, 2.45) is 0 Å². The zero-order chi connectivity index (χ0) is 11.7. The van der Waals surface area contributed by atoms with Crippen molar-refractivity contribution in [1.82, 2.24) is 8.96 Å². The lowest BCUT2D eigenvalue weighted by molar-refractivity contribution is 1.24. The summed E-state index contributed by atoms with van der Waals surface area (Å²) in [6.07, 6.45) is 3.95. The zero-order valence-corrected chi connectivity index (χ0v) is 11.9. The molecule has 3 rings (SSSR count). The Kier molecular flexibility index (Phi) is 3.07. The van der Waals surface area contributed by atoms with E-state index in [1.165, 1.54) is 13.9 Å². The summed E-state index contributed by atoms with van der Waals surface area (Å²) in [5.74, 6) is 0. The third-order valence-electron chi connectivity index (χ3n) is 2.43. The Labute approximate surface area is 117 Å². The third-order valence-corrected chi connectivity index (χ3v) is 4.25. The van der Waals surface area contributed by atoms with Crippen LogP contribution in [0.25, 0.3) is 11.0 Å². The van der Waals surface area contributed by atoms with Crippen molar-refractivity contribution in [3.63, 3.8) is 0 Å². The van der Waals surface area contributed by atoms with Gasteiger partial charge in [0.1, 0.15) is 0 Å². The molecule has 0 amide bonds. The van der Waals surface area contributed by atoms with Gasteiger partial charge < -0.3 is 0 Å². The van der Waals surface area contributed by atoms with Gasteiger partial charge in [0.25, 0.3) is 0 Å². The maximum Gasteiger partial charge on any atom is 0.151 e. The van der Waals surface area contributed by atoms with Crippen molar-refractivity contribution < 1.29 is 0 Å². The summed E-state index contributed by atoms with van der Waals surface area (Å²) < 4.78 is 3.35. The first-order chi connectivity index (χ1) is 8.34. The number of pyridine rings is 1. The molecular weight excluding hydrogens is 343 g/mol. The van der Waals surface area contributed by atoms with E-state index in [1.54, 1.807) is 11.9 Å². The van der Waals surface area contributed by atoms with E-state index < -0.39 is 0 Å². The SMILES string of the molecule is Ic1cn(Sc2ccccc2)c2ncccc12. The van der Waals surface area contributed by atoms with Crippen molar-refractivity contribution in [3.05, 3.63) is 58.4 Å². The summed E-state index contributed by atoms with van der Waals surface area (Å²) in [6.45, 7) is 0.